The molecule has 4 rings (SSSR count). The van der Waals surface area contributed by atoms with Crippen LogP contribution in [0.4, 0.5) is 10.1 Å². The molecule has 5 nitrogen and oxygen atoms in total. The van der Waals surface area contributed by atoms with Crippen LogP contribution in [0.25, 0.3) is 0 Å². The van der Waals surface area contributed by atoms with Crippen LogP contribution in [-0.2, 0) is 9.59 Å². The van der Waals surface area contributed by atoms with Gasteiger partial charge in [0.05, 0.1) is 12.1 Å². The fraction of sp³-hybridized carbons (Fsp3) is 0.346. The van der Waals surface area contributed by atoms with E-state index in [0.717, 1.165) is 29.7 Å². The first-order valence-electron chi connectivity index (χ1n) is 11.1. The van der Waals surface area contributed by atoms with E-state index in [1.165, 1.54) is 36.3 Å². The average molecular weight is 435 g/mol. The maximum atomic E-state index is 13.4. The molecule has 2 aromatic rings. The molecule has 1 saturated heterocycles. The van der Waals surface area contributed by atoms with E-state index in [0.29, 0.717) is 24.2 Å². The van der Waals surface area contributed by atoms with Crippen molar-refractivity contribution in [2.45, 2.75) is 51.5 Å². The molecular formula is C26H27FN2O3. The first-order valence-corrected chi connectivity index (χ1v) is 11.1. The summed E-state index contributed by atoms with van der Waals surface area (Å²) in [4.78, 5) is 42.1. The number of halogens is 1. The Morgan fingerprint density at radius 1 is 1.06 bits per heavy atom. The Bertz CT molecular complexity index is 1040. The zero-order valence-corrected chi connectivity index (χ0v) is 18.2. The first kappa shape index (κ1) is 21.9. The summed E-state index contributed by atoms with van der Waals surface area (Å²) < 4.78 is 13.3. The molecule has 0 N–H and O–H groups in total. The lowest BCUT2D eigenvalue weighted by Crippen LogP contribution is -2.46. The predicted octanol–water partition coefficient (Wildman–Crippen LogP) is 4.80. The van der Waals surface area contributed by atoms with Crippen molar-refractivity contribution >= 4 is 23.4 Å². The number of carbonyl (C=O) groups is 3. The van der Waals surface area contributed by atoms with Crippen molar-refractivity contribution in [2.75, 3.05) is 11.4 Å². The first-order chi connectivity index (χ1) is 15.4. The van der Waals surface area contributed by atoms with E-state index < -0.39 is 17.8 Å². The largest absolute Gasteiger partial charge is 0.326 e. The highest BCUT2D eigenvalue weighted by molar-refractivity contribution is 6.23. The number of hydrogen-bond acceptors (Lipinski definition) is 3. The number of rotatable bonds is 6. The van der Waals surface area contributed by atoms with Crippen LogP contribution >= 0.6 is 0 Å². The molecule has 1 aliphatic heterocycles. The molecule has 166 valence electrons. The second-order valence-electron chi connectivity index (χ2n) is 8.49. The molecule has 3 amide bonds. The normalized spacial score (nSPS) is 18.6. The molecule has 6 heteroatoms. The highest BCUT2D eigenvalue weighted by atomic mass is 19.1. The lowest BCUT2D eigenvalue weighted by molar-refractivity contribution is -0.122. The van der Waals surface area contributed by atoms with Crippen LogP contribution in [-0.4, -0.2) is 35.2 Å². The van der Waals surface area contributed by atoms with Crippen molar-refractivity contribution in [3.05, 3.63) is 77.1 Å². The van der Waals surface area contributed by atoms with Crippen LogP contribution < -0.4 is 4.90 Å². The Hall–Kier alpha value is -3.28. The van der Waals surface area contributed by atoms with Crippen LogP contribution in [0, 0.1) is 12.7 Å². The van der Waals surface area contributed by atoms with Gasteiger partial charge in [-0.15, -0.1) is 0 Å². The lowest BCUT2D eigenvalue weighted by atomic mass is 9.96. The summed E-state index contributed by atoms with van der Waals surface area (Å²) in [6, 6.07) is 11.6. The van der Waals surface area contributed by atoms with Crippen LogP contribution in [0.3, 0.4) is 0 Å². The summed E-state index contributed by atoms with van der Waals surface area (Å²) in [5.41, 5.74) is 3.15. The molecule has 2 aliphatic rings. The molecule has 1 fully saturated rings. The van der Waals surface area contributed by atoms with Crippen LogP contribution in [0.15, 0.2) is 60.2 Å². The van der Waals surface area contributed by atoms with Gasteiger partial charge < -0.3 is 4.90 Å². The van der Waals surface area contributed by atoms with Gasteiger partial charge in [-0.25, -0.2) is 9.29 Å². The molecule has 0 bridgehead atoms. The number of anilines is 1. The second-order valence-corrected chi connectivity index (χ2v) is 8.49. The number of benzene rings is 2. The van der Waals surface area contributed by atoms with E-state index in [-0.39, 0.29) is 18.2 Å². The quantitative estimate of drug-likeness (QED) is 0.485. The van der Waals surface area contributed by atoms with Gasteiger partial charge in [0, 0.05) is 12.1 Å². The van der Waals surface area contributed by atoms with Crippen molar-refractivity contribution in [1.29, 1.82) is 0 Å². The summed E-state index contributed by atoms with van der Waals surface area (Å²) >= 11 is 0. The molecule has 1 atom stereocenters. The maximum absolute atomic E-state index is 13.4. The summed E-state index contributed by atoms with van der Waals surface area (Å²) in [6.45, 7) is 2.32. The van der Waals surface area contributed by atoms with Gasteiger partial charge in [-0.3, -0.25) is 14.4 Å². The van der Waals surface area contributed by atoms with Gasteiger partial charge in [0.2, 0.25) is 5.91 Å². The zero-order chi connectivity index (χ0) is 22.7. The van der Waals surface area contributed by atoms with E-state index in [2.05, 4.69) is 6.08 Å². The van der Waals surface area contributed by atoms with Crippen molar-refractivity contribution in [3.8, 4) is 0 Å². The van der Waals surface area contributed by atoms with Crippen LogP contribution in [0.2, 0.25) is 0 Å². The summed E-state index contributed by atoms with van der Waals surface area (Å²) in [6.07, 6.45) is 7.20. The Morgan fingerprint density at radius 3 is 2.44 bits per heavy atom. The van der Waals surface area contributed by atoms with Gasteiger partial charge >= 0.3 is 0 Å². The number of nitrogens with zero attached hydrogens (tertiary/aromatic N) is 2. The highest BCUT2D eigenvalue weighted by Crippen LogP contribution is 2.28. The average Bonchev–Trinajstić information content (AvgIpc) is 3.09. The maximum Gasteiger partial charge on any atom is 0.257 e. The molecule has 32 heavy (non-hydrogen) atoms. The van der Waals surface area contributed by atoms with E-state index in [4.69, 9.17) is 0 Å². The van der Waals surface area contributed by atoms with Gasteiger partial charge in [-0.2, -0.15) is 0 Å². The highest BCUT2D eigenvalue weighted by Gasteiger charge is 2.44. The number of allylic oxidation sites excluding steroid dienone is 1. The second kappa shape index (κ2) is 9.47. The van der Waals surface area contributed by atoms with Gasteiger partial charge in [0.1, 0.15) is 11.9 Å². The number of imide groups is 1. The summed E-state index contributed by atoms with van der Waals surface area (Å²) in [7, 11) is 0. The van der Waals surface area contributed by atoms with Crippen molar-refractivity contribution in [3.63, 3.8) is 0 Å². The Labute approximate surface area is 187 Å². The fourth-order valence-electron chi connectivity index (χ4n) is 4.38. The summed E-state index contributed by atoms with van der Waals surface area (Å²) in [5.74, 6) is -1.53. The predicted molar refractivity (Wildman–Crippen MR) is 121 cm³/mol. The molecule has 1 heterocycles. The Morgan fingerprint density at radius 2 is 1.78 bits per heavy atom. The summed E-state index contributed by atoms with van der Waals surface area (Å²) in [5, 5.41) is 0. The fourth-order valence-corrected chi connectivity index (χ4v) is 4.38. The van der Waals surface area contributed by atoms with Gasteiger partial charge in [0.15, 0.2) is 0 Å². The monoisotopic (exact) mass is 434 g/mol. The zero-order valence-electron chi connectivity index (χ0n) is 18.2. The van der Waals surface area contributed by atoms with Crippen molar-refractivity contribution in [1.82, 2.24) is 4.90 Å². The van der Waals surface area contributed by atoms with Gasteiger partial charge in [0.25, 0.3) is 11.8 Å². The minimum Gasteiger partial charge on any atom is -0.326 e. The standard InChI is InChI=1S/C26H27FN2O3/c1-18-7-9-20(10-8-18)25(31)28(16-15-19-5-3-2-4-6-19)23-17-24(30)29(26(23)32)22-13-11-21(27)12-14-22/h5,7-14,23H,2-4,6,15-17H2,1H3. The molecule has 1 unspecified atom stereocenters. The van der Waals surface area contributed by atoms with Gasteiger partial charge in [-0.1, -0.05) is 29.3 Å². The number of amides is 3. The topological polar surface area (TPSA) is 57.7 Å². The molecule has 0 aromatic heterocycles. The molecular weight excluding hydrogens is 407 g/mol. The number of hydrogen-bond donors (Lipinski definition) is 0. The SMILES string of the molecule is Cc1ccc(C(=O)N(CCC2=CCCCC2)C2CC(=O)N(c3ccc(F)cc3)C2=O)cc1. The van der Waals surface area contributed by atoms with E-state index >= 15 is 0 Å². The van der Waals surface area contributed by atoms with E-state index in [1.54, 1.807) is 17.0 Å². The Balaban J connectivity index is 1.60. The number of carbonyl (C=O) groups excluding carboxylic acids is 3. The molecule has 2 aromatic carbocycles. The number of aryl methyl sites for hydroxylation is 1. The van der Waals surface area contributed by atoms with Crippen molar-refractivity contribution in [2.24, 2.45) is 0 Å². The molecule has 0 radical (unpaired) electrons. The third kappa shape index (κ3) is 4.64. The molecule has 0 saturated carbocycles. The van der Waals surface area contributed by atoms with Crippen LogP contribution in [0.1, 0.15) is 54.4 Å². The third-order valence-corrected chi connectivity index (χ3v) is 6.20. The molecule has 0 spiro atoms. The molecule has 1 aliphatic carbocycles. The lowest BCUT2D eigenvalue weighted by Gasteiger charge is -2.28. The van der Waals surface area contributed by atoms with E-state index in [1.807, 2.05) is 19.1 Å². The van der Waals surface area contributed by atoms with E-state index in [9.17, 15) is 18.8 Å². The van der Waals surface area contributed by atoms with Crippen molar-refractivity contribution < 1.29 is 18.8 Å². The third-order valence-electron chi connectivity index (χ3n) is 6.20. The minimum atomic E-state index is -0.870. The van der Waals surface area contributed by atoms with Gasteiger partial charge in [-0.05, 0) is 75.4 Å². The smallest absolute Gasteiger partial charge is 0.257 e. The van der Waals surface area contributed by atoms with Crippen LogP contribution in [0.5, 0.6) is 0 Å². The Kier molecular flexibility index (Phi) is 6.49. The minimum absolute atomic E-state index is 0.0765.